The van der Waals surface area contributed by atoms with E-state index in [4.69, 9.17) is 4.42 Å². The Morgan fingerprint density at radius 2 is 1.88 bits per heavy atom. The maximum atomic E-state index is 13.0. The fourth-order valence-corrected chi connectivity index (χ4v) is 4.85. The van der Waals surface area contributed by atoms with Crippen LogP contribution in [0.2, 0.25) is 0 Å². The maximum absolute atomic E-state index is 13.0. The molecule has 1 unspecified atom stereocenters. The van der Waals surface area contributed by atoms with Crippen LogP contribution in [0.4, 0.5) is 0 Å². The van der Waals surface area contributed by atoms with Crippen molar-refractivity contribution >= 4 is 17.0 Å². The van der Waals surface area contributed by atoms with E-state index in [1.807, 2.05) is 55.6 Å². The Kier molecular flexibility index (Phi) is 5.71. The van der Waals surface area contributed by atoms with Crippen LogP contribution in [0, 0.1) is 5.92 Å². The van der Waals surface area contributed by atoms with E-state index in [0.29, 0.717) is 24.3 Å². The Hall–Kier alpha value is -2.74. The van der Waals surface area contributed by atoms with Crippen LogP contribution in [-0.2, 0) is 0 Å². The summed E-state index contributed by atoms with van der Waals surface area (Å²) < 4.78 is 5.81. The standard InChI is InChI=1S/C25H29N3O4/c1-28(19-11-10-17(12-19)23(30)26-18-13-20(29)14-18)25(31)16-8-6-15(7-9-16)24-27-21-4-2-3-5-22(21)32-24/h2-9,17-20,23,26,29-30H,10-14H2,1H3/t17-,18?,19+,20?,23?/m0/s1. The van der Waals surface area contributed by atoms with Gasteiger partial charge in [0, 0.05) is 36.2 Å². The number of nitrogens with one attached hydrogen (secondary N) is 1. The van der Waals surface area contributed by atoms with Crippen molar-refractivity contribution in [3.8, 4) is 11.5 Å². The Balaban J connectivity index is 1.20. The van der Waals surface area contributed by atoms with Gasteiger partial charge in [0.05, 0.1) is 6.10 Å². The molecule has 0 spiro atoms. The predicted octanol–water partition coefficient (Wildman–Crippen LogP) is 3.17. The molecule has 7 nitrogen and oxygen atoms in total. The fourth-order valence-electron chi connectivity index (χ4n) is 4.85. The minimum Gasteiger partial charge on any atom is -0.436 e. The number of hydrogen-bond donors (Lipinski definition) is 3. The normalized spacial score (nSPS) is 26.1. The third-order valence-electron chi connectivity index (χ3n) is 6.95. The van der Waals surface area contributed by atoms with Gasteiger partial charge in [0.2, 0.25) is 5.89 Å². The van der Waals surface area contributed by atoms with Gasteiger partial charge in [0.1, 0.15) is 11.7 Å². The molecule has 5 rings (SSSR count). The molecule has 0 bridgehead atoms. The Morgan fingerprint density at radius 1 is 1.12 bits per heavy atom. The first kappa shape index (κ1) is 21.1. The highest BCUT2D eigenvalue weighted by Gasteiger charge is 2.36. The SMILES string of the molecule is CN(C(=O)c1ccc(-c2nc3ccccc3o2)cc1)[C@@H]1CC[C@H](C(O)NC2CC(O)C2)C1. The van der Waals surface area contributed by atoms with Crippen molar-refractivity contribution in [2.45, 2.75) is 56.5 Å². The first-order valence-corrected chi connectivity index (χ1v) is 11.3. The second-order valence-corrected chi connectivity index (χ2v) is 9.14. The number of para-hydroxylation sites is 2. The summed E-state index contributed by atoms with van der Waals surface area (Å²) in [5.74, 6) is 0.636. The lowest BCUT2D eigenvalue weighted by Crippen LogP contribution is -2.50. The van der Waals surface area contributed by atoms with Crippen LogP contribution in [0.1, 0.15) is 42.5 Å². The van der Waals surface area contributed by atoms with Crippen LogP contribution in [0.3, 0.4) is 0 Å². The number of fused-ring (bicyclic) bond motifs is 1. The van der Waals surface area contributed by atoms with Crippen molar-refractivity contribution in [3.05, 3.63) is 54.1 Å². The molecular weight excluding hydrogens is 406 g/mol. The summed E-state index contributed by atoms with van der Waals surface area (Å²) >= 11 is 0. The molecule has 3 atom stereocenters. The highest BCUT2D eigenvalue weighted by molar-refractivity contribution is 5.94. The van der Waals surface area contributed by atoms with Crippen LogP contribution in [0.5, 0.6) is 0 Å². The van der Waals surface area contributed by atoms with Gasteiger partial charge in [-0.3, -0.25) is 10.1 Å². The van der Waals surface area contributed by atoms with Gasteiger partial charge in [0.15, 0.2) is 5.58 Å². The van der Waals surface area contributed by atoms with E-state index in [1.165, 1.54) is 0 Å². The van der Waals surface area contributed by atoms with Crippen LogP contribution in [0.25, 0.3) is 22.6 Å². The smallest absolute Gasteiger partial charge is 0.253 e. The molecule has 2 fully saturated rings. The van der Waals surface area contributed by atoms with Gasteiger partial charge in [-0.25, -0.2) is 4.98 Å². The molecule has 1 aromatic heterocycles. The van der Waals surface area contributed by atoms with Gasteiger partial charge in [-0.2, -0.15) is 0 Å². The summed E-state index contributed by atoms with van der Waals surface area (Å²) in [6.07, 6.45) is 3.09. The number of rotatable bonds is 6. The molecule has 32 heavy (non-hydrogen) atoms. The first-order chi connectivity index (χ1) is 15.5. The number of aliphatic hydroxyl groups is 2. The number of nitrogens with zero attached hydrogens (tertiary/aromatic N) is 2. The zero-order valence-corrected chi connectivity index (χ0v) is 18.1. The van der Waals surface area contributed by atoms with Gasteiger partial charge in [-0.1, -0.05) is 12.1 Å². The topological polar surface area (TPSA) is 98.8 Å². The lowest BCUT2D eigenvalue weighted by atomic mass is 9.88. The average Bonchev–Trinajstić information content (AvgIpc) is 3.44. The predicted molar refractivity (Wildman–Crippen MR) is 121 cm³/mol. The third-order valence-corrected chi connectivity index (χ3v) is 6.95. The van der Waals surface area contributed by atoms with Gasteiger partial charge < -0.3 is 19.5 Å². The number of oxazole rings is 1. The molecule has 0 aliphatic heterocycles. The first-order valence-electron chi connectivity index (χ1n) is 11.3. The van der Waals surface area contributed by atoms with Gasteiger partial charge in [-0.05, 0) is 68.5 Å². The van der Waals surface area contributed by atoms with Crippen molar-refractivity contribution in [1.29, 1.82) is 0 Å². The van der Waals surface area contributed by atoms with Crippen molar-refractivity contribution < 1.29 is 19.4 Å². The monoisotopic (exact) mass is 435 g/mol. The number of benzene rings is 2. The van der Waals surface area contributed by atoms with Crippen LogP contribution < -0.4 is 5.32 Å². The lowest BCUT2D eigenvalue weighted by molar-refractivity contribution is 0.00551. The summed E-state index contributed by atoms with van der Waals surface area (Å²) in [6.45, 7) is 0. The number of carbonyl (C=O) groups is 1. The van der Waals surface area contributed by atoms with E-state index < -0.39 is 6.23 Å². The summed E-state index contributed by atoms with van der Waals surface area (Å²) in [5.41, 5.74) is 3.00. The van der Waals surface area contributed by atoms with Crippen LogP contribution >= 0.6 is 0 Å². The number of aromatic nitrogens is 1. The molecule has 168 valence electrons. The highest BCUT2D eigenvalue weighted by Crippen LogP contribution is 2.33. The lowest BCUT2D eigenvalue weighted by Gasteiger charge is -2.35. The average molecular weight is 436 g/mol. The largest absolute Gasteiger partial charge is 0.436 e. The van der Waals surface area contributed by atoms with E-state index in [2.05, 4.69) is 10.3 Å². The fraction of sp³-hybridized carbons (Fsp3) is 0.440. The van der Waals surface area contributed by atoms with Crippen molar-refractivity contribution in [2.75, 3.05) is 7.05 Å². The summed E-state index contributed by atoms with van der Waals surface area (Å²) in [4.78, 5) is 19.4. The quantitative estimate of drug-likeness (QED) is 0.515. The van der Waals surface area contributed by atoms with Gasteiger partial charge in [0.25, 0.3) is 5.91 Å². The summed E-state index contributed by atoms with van der Waals surface area (Å²) in [5, 5.41) is 23.1. The van der Waals surface area contributed by atoms with E-state index in [0.717, 1.165) is 35.9 Å². The van der Waals surface area contributed by atoms with Gasteiger partial charge >= 0.3 is 0 Å². The van der Waals surface area contributed by atoms with Crippen molar-refractivity contribution in [3.63, 3.8) is 0 Å². The molecule has 3 aromatic rings. The van der Waals surface area contributed by atoms with E-state index in [9.17, 15) is 15.0 Å². The summed E-state index contributed by atoms with van der Waals surface area (Å²) in [7, 11) is 1.84. The van der Waals surface area contributed by atoms with E-state index in [-0.39, 0.29) is 30.0 Å². The number of carbonyl (C=O) groups excluding carboxylic acids is 1. The molecule has 0 saturated heterocycles. The van der Waals surface area contributed by atoms with Crippen LogP contribution in [-0.4, -0.2) is 57.5 Å². The van der Waals surface area contributed by atoms with Crippen LogP contribution in [0.15, 0.2) is 52.9 Å². The minimum absolute atomic E-state index is 0.0238. The Bertz CT molecular complexity index is 1060. The molecule has 2 saturated carbocycles. The Labute approximate surface area is 187 Å². The molecule has 1 amide bonds. The zero-order valence-electron chi connectivity index (χ0n) is 18.1. The molecular formula is C25H29N3O4. The zero-order chi connectivity index (χ0) is 22.2. The number of amides is 1. The molecule has 1 heterocycles. The number of hydrogen-bond acceptors (Lipinski definition) is 6. The highest BCUT2D eigenvalue weighted by atomic mass is 16.3. The molecule has 2 aliphatic carbocycles. The molecule has 2 aromatic carbocycles. The second kappa shape index (κ2) is 8.65. The Morgan fingerprint density at radius 3 is 2.59 bits per heavy atom. The maximum Gasteiger partial charge on any atom is 0.253 e. The van der Waals surface area contributed by atoms with Crippen molar-refractivity contribution in [1.82, 2.24) is 15.2 Å². The molecule has 7 heteroatoms. The van der Waals surface area contributed by atoms with E-state index in [1.54, 1.807) is 4.90 Å². The second-order valence-electron chi connectivity index (χ2n) is 9.14. The number of aliphatic hydroxyl groups excluding tert-OH is 2. The van der Waals surface area contributed by atoms with Crippen molar-refractivity contribution in [2.24, 2.45) is 5.92 Å². The molecule has 3 N–H and O–H groups in total. The minimum atomic E-state index is -0.586. The molecule has 2 aliphatic rings. The van der Waals surface area contributed by atoms with Gasteiger partial charge in [-0.15, -0.1) is 0 Å². The molecule has 0 radical (unpaired) electrons. The van der Waals surface area contributed by atoms with E-state index >= 15 is 0 Å². The third kappa shape index (κ3) is 4.16. The summed E-state index contributed by atoms with van der Waals surface area (Å²) in [6, 6.07) is 15.3.